The summed E-state index contributed by atoms with van der Waals surface area (Å²) in [6.07, 6.45) is 2.09. The third-order valence-electron chi connectivity index (χ3n) is 3.27. The van der Waals surface area contributed by atoms with Crippen molar-refractivity contribution in [3.8, 4) is 0 Å². The molecular formula is C14H16ClNO3S. The van der Waals surface area contributed by atoms with Crippen molar-refractivity contribution in [3.63, 3.8) is 0 Å². The Morgan fingerprint density at radius 1 is 1.35 bits per heavy atom. The highest BCUT2D eigenvalue weighted by atomic mass is 35.5. The molecule has 0 saturated heterocycles. The molecule has 1 aromatic carbocycles. The van der Waals surface area contributed by atoms with Gasteiger partial charge in [-0.25, -0.2) is 0 Å². The number of aliphatic carboxylic acids is 1. The van der Waals surface area contributed by atoms with Crippen LogP contribution in [0.5, 0.6) is 0 Å². The first-order valence-corrected chi connectivity index (χ1v) is 7.88. The van der Waals surface area contributed by atoms with Gasteiger partial charge >= 0.3 is 5.97 Å². The first-order valence-electron chi connectivity index (χ1n) is 6.35. The minimum Gasteiger partial charge on any atom is -0.481 e. The maximum Gasteiger partial charge on any atom is 0.303 e. The van der Waals surface area contributed by atoms with E-state index in [9.17, 15) is 9.59 Å². The highest BCUT2D eigenvalue weighted by Gasteiger charge is 2.44. The van der Waals surface area contributed by atoms with Crippen LogP contribution >= 0.6 is 23.4 Å². The zero-order valence-electron chi connectivity index (χ0n) is 10.9. The first kappa shape index (κ1) is 15.2. The molecule has 1 aromatic rings. The molecule has 4 nitrogen and oxygen atoms in total. The molecule has 0 aromatic heterocycles. The van der Waals surface area contributed by atoms with Crippen molar-refractivity contribution in [2.24, 2.45) is 5.41 Å². The second kappa shape index (κ2) is 6.50. The number of halogens is 1. The Labute approximate surface area is 126 Å². The molecule has 20 heavy (non-hydrogen) atoms. The Morgan fingerprint density at radius 3 is 2.65 bits per heavy atom. The Kier molecular flexibility index (Phi) is 4.94. The van der Waals surface area contributed by atoms with Crippen molar-refractivity contribution in [1.82, 2.24) is 0 Å². The minimum atomic E-state index is -0.761. The van der Waals surface area contributed by atoms with E-state index in [2.05, 4.69) is 5.32 Å². The number of hydrogen-bond donors (Lipinski definition) is 2. The zero-order valence-corrected chi connectivity index (χ0v) is 12.5. The quantitative estimate of drug-likeness (QED) is 0.811. The summed E-state index contributed by atoms with van der Waals surface area (Å²) < 4.78 is 0. The molecular weight excluding hydrogens is 298 g/mol. The SMILES string of the molecule is O=C(O)CC1(CSCC(=O)Nc2ccccc2Cl)CC1. The molecule has 108 valence electrons. The van der Waals surface area contributed by atoms with Crippen molar-refractivity contribution >= 4 is 40.9 Å². The van der Waals surface area contributed by atoms with Gasteiger partial charge in [-0.2, -0.15) is 11.8 Å². The van der Waals surface area contributed by atoms with Crippen molar-refractivity contribution in [2.45, 2.75) is 19.3 Å². The Morgan fingerprint density at radius 2 is 2.05 bits per heavy atom. The highest BCUT2D eigenvalue weighted by molar-refractivity contribution is 8.00. The smallest absolute Gasteiger partial charge is 0.303 e. The van der Waals surface area contributed by atoms with Crippen LogP contribution < -0.4 is 5.32 Å². The largest absolute Gasteiger partial charge is 0.481 e. The minimum absolute atomic E-state index is 0.0822. The van der Waals surface area contributed by atoms with Crippen molar-refractivity contribution < 1.29 is 14.7 Å². The monoisotopic (exact) mass is 313 g/mol. The van der Waals surface area contributed by atoms with Crippen LogP contribution in [0.25, 0.3) is 0 Å². The number of para-hydroxylation sites is 1. The molecule has 2 rings (SSSR count). The third kappa shape index (κ3) is 4.42. The molecule has 2 N–H and O–H groups in total. The maximum absolute atomic E-state index is 11.8. The van der Waals surface area contributed by atoms with Gasteiger partial charge in [0.2, 0.25) is 5.91 Å². The number of thioether (sulfide) groups is 1. The lowest BCUT2D eigenvalue weighted by atomic mass is 10.1. The van der Waals surface area contributed by atoms with E-state index in [0.717, 1.165) is 18.6 Å². The lowest BCUT2D eigenvalue weighted by Crippen LogP contribution is -2.17. The number of amides is 1. The number of carboxylic acid groups (broad SMARTS) is 1. The summed E-state index contributed by atoms with van der Waals surface area (Å²) in [5.74, 6) is 0.153. The molecule has 1 amide bonds. The van der Waals surface area contributed by atoms with Gasteiger partial charge in [-0.05, 0) is 36.1 Å². The summed E-state index contributed by atoms with van der Waals surface area (Å²) in [7, 11) is 0. The van der Waals surface area contributed by atoms with E-state index >= 15 is 0 Å². The Balaban J connectivity index is 1.74. The van der Waals surface area contributed by atoms with Crippen molar-refractivity contribution in [3.05, 3.63) is 29.3 Å². The Bertz CT molecular complexity index is 517. The summed E-state index contributed by atoms with van der Waals surface area (Å²) in [6, 6.07) is 7.07. The van der Waals surface area contributed by atoms with Gasteiger partial charge in [0.1, 0.15) is 0 Å². The molecule has 1 saturated carbocycles. The molecule has 0 unspecified atom stereocenters. The second-order valence-corrected chi connectivity index (χ2v) is 6.48. The van der Waals surface area contributed by atoms with E-state index in [-0.39, 0.29) is 17.7 Å². The standard InChI is InChI=1S/C14H16ClNO3S/c15-10-3-1-2-4-11(10)16-12(17)8-20-9-14(5-6-14)7-13(18)19/h1-4H,5-9H2,(H,16,17)(H,18,19). The third-order valence-corrected chi connectivity index (χ3v) is 4.89. The predicted molar refractivity (Wildman–Crippen MR) is 81.3 cm³/mol. The molecule has 1 aliphatic rings. The van der Waals surface area contributed by atoms with Gasteiger partial charge in [0.25, 0.3) is 0 Å². The molecule has 1 aliphatic carbocycles. The van der Waals surface area contributed by atoms with E-state index in [1.54, 1.807) is 24.3 Å². The zero-order chi connectivity index (χ0) is 14.6. The van der Waals surface area contributed by atoms with E-state index in [4.69, 9.17) is 16.7 Å². The average Bonchev–Trinajstić information content (AvgIpc) is 3.11. The number of rotatable bonds is 7. The average molecular weight is 314 g/mol. The molecule has 1 fully saturated rings. The van der Waals surface area contributed by atoms with Crippen LogP contribution in [0.2, 0.25) is 5.02 Å². The van der Waals surface area contributed by atoms with Crippen LogP contribution in [0, 0.1) is 5.41 Å². The van der Waals surface area contributed by atoms with E-state index in [1.165, 1.54) is 11.8 Å². The van der Waals surface area contributed by atoms with Crippen LogP contribution in [0.15, 0.2) is 24.3 Å². The number of carbonyl (C=O) groups excluding carboxylic acids is 1. The fraction of sp³-hybridized carbons (Fsp3) is 0.429. The van der Waals surface area contributed by atoms with Crippen LogP contribution in [-0.4, -0.2) is 28.5 Å². The summed E-state index contributed by atoms with van der Waals surface area (Å²) in [6.45, 7) is 0. The lowest BCUT2D eigenvalue weighted by molar-refractivity contribution is -0.138. The summed E-state index contributed by atoms with van der Waals surface area (Å²) in [5, 5.41) is 12.1. The second-order valence-electron chi connectivity index (χ2n) is 5.09. The molecule has 0 aliphatic heterocycles. The summed E-state index contributed by atoms with van der Waals surface area (Å²) in [4.78, 5) is 22.5. The number of anilines is 1. The van der Waals surface area contributed by atoms with Gasteiger partial charge < -0.3 is 10.4 Å². The summed E-state index contributed by atoms with van der Waals surface area (Å²) in [5.41, 5.74) is 0.521. The Hall–Kier alpha value is -1.20. The topological polar surface area (TPSA) is 66.4 Å². The fourth-order valence-electron chi connectivity index (χ4n) is 1.98. The molecule has 0 radical (unpaired) electrons. The molecule has 0 atom stereocenters. The number of carboxylic acids is 1. The van der Waals surface area contributed by atoms with Crippen LogP contribution in [0.1, 0.15) is 19.3 Å². The molecule has 6 heteroatoms. The number of nitrogens with one attached hydrogen (secondary N) is 1. The predicted octanol–water partition coefficient (Wildman–Crippen LogP) is 3.27. The number of carbonyl (C=O) groups is 2. The molecule has 0 spiro atoms. The van der Waals surface area contributed by atoms with Crippen LogP contribution in [0.4, 0.5) is 5.69 Å². The van der Waals surface area contributed by atoms with Gasteiger partial charge in [0.15, 0.2) is 0 Å². The highest BCUT2D eigenvalue weighted by Crippen LogP contribution is 2.50. The first-order chi connectivity index (χ1) is 9.51. The van der Waals surface area contributed by atoms with E-state index in [0.29, 0.717) is 16.5 Å². The van der Waals surface area contributed by atoms with Gasteiger partial charge in [-0.1, -0.05) is 23.7 Å². The lowest BCUT2D eigenvalue weighted by Gasteiger charge is -2.12. The van der Waals surface area contributed by atoms with Crippen molar-refractivity contribution in [2.75, 3.05) is 16.8 Å². The van der Waals surface area contributed by atoms with E-state index < -0.39 is 5.97 Å². The number of benzene rings is 1. The fourth-order valence-corrected chi connectivity index (χ4v) is 3.35. The van der Waals surface area contributed by atoms with Crippen molar-refractivity contribution in [1.29, 1.82) is 0 Å². The van der Waals surface area contributed by atoms with Gasteiger partial charge in [-0.3, -0.25) is 9.59 Å². The molecule has 0 bridgehead atoms. The normalized spacial score (nSPS) is 15.7. The van der Waals surface area contributed by atoms with Gasteiger partial charge in [-0.15, -0.1) is 0 Å². The number of hydrogen-bond acceptors (Lipinski definition) is 3. The van der Waals surface area contributed by atoms with Crippen LogP contribution in [-0.2, 0) is 9.59 Å². The van der Waals surface area contributed by atoms with Crippen LogP contribution in [0.3, 0.4) is 0 Å². The maximum atomic E-state index is 11.8. The van der Waals surface area contributed by atoms with Gasteiger partial charge in [0.05, 0.1) is 22.9 Å². The van der Waals surface area contributed by atoms with Gasteiger partial charge in [0, 0.05) is 0 Å². The summed E-state index contributed by atoms with van der Waals surface area (Å²) >= 11 is 7.43. The van der Waals surface area contributed by atoms with E-state index in [1.807, 2.05) is 0 Å². The molecule has 0 heterocycles.